The number of benzene rings is 1. The summed E-state index contributed by atoms with van der Waals surface area (Å²) in [6.45, 7) is 0.0678. The second-order valence-electron chi connectivity index (χ2n) is 3.33. The van der Waals surface area contributed by atoms with E-state index in [0.29, 0.717) is 0 Å². The Balaban J connectivity index is 3.11. The number of hydrogen-bond acceptors (Lipinski definition) is 5. The van der Waals surface area contributed by atoms with Crippen molar-refractivity contribution >= 4 is 41.6 Å². The molecule has 0 N–H and O–H groups in total. The summed E-state index contributed by atoms with van der Waals surface area (Å²) in [6, 6.07) is 1.65. The molecule has 19 heavy (non-hydrogen) atoms. The van der Waals surface area contributed by atoms with Gasteiger partial charge in [-0.1, -0.05) is 0 Å². The van der Waals surface area contributed by atoms with Gasteiger partial charge in [0.25, 0.3) is 9.05 Å². The zero-order chi connectivity index (χ0) is 14.6. The average molecular weight is 376 g/mol. The van der Waals surface area contributed by atoms with E-state index in [9.17, 15) is 17.6 Å². The van der Waals surface area contributed by atoms with Crippen LogP contribution in [0.25, 0.3) is 0 Å². The van der Waals surface area contributed by atoms with Crippen LogP contribution in [0.5, 0.6) is 0 Å². The van der Waals surface area contributed by atoms with Crippen LogP contribution in [0.15, 0.2) is 21.5 Å². The summed E-state index contributed by atoms with van der Waals surface area (Å²) in [5.41, 5.74) is -0.515. The van der Waals surface area contributed by atoms with Gasteiger partial charge in [0, 0.05) is 22.3 Å². The van der Waals surface area contributed by atoms with Gasteiger partial charge in [-0.3, -0.25) is 0 Å². The van der Waals surface area contributed by atoms with Gasteiger partial charge in [0.1, 0.15) is 12.4 Å². The fourth-order valence-corrected chi connectivity index (χ4v) is 3.34. The first-order valence-corrected chi connectivity index (χ1v) is 7.97. The summed E-state index contributed by atoms with van der Waals surface area (Å²) in [7, 11) is 2.47. The van der Waals surface area contributed by atoms with E-state index in [4.69, 9.17) is 15.4 Å². The van der Waals surface area contributed by atoms with Gasteiger partial charge >= 0.3 is 5.97 Å². The maximum atomic E-state index is 13.6. The van der Waals surface area contributed by atoms with Crippen LogP contribution in [0.3, 0.4) is 0 Å². The minimum atomic E-state index is -4.11. The lowest BCUT2D eigenvalue weighted by atomic mass is 10.2. The first-order valence-electron chi connectivity index (χ1n) is 4.87. The van der Waals surface area contributed by atoms with E-state index in [1.165, 1.54) is 7.11 Å². The zero-order valence-electron chi connectivity index (χ0n) is 9.65. The van der Waals surface area contributed by atoms with Crippen LogP contribution in [0.1, 0.15) is 10.4 Å². The summed E-state index contributed by atoms with van der Waals surface area (Å²) in [5, 5.41) is 0. The Morgan fingerprint density at radius 3 is 2.58 bits per heavy atom. The molecule has 0 unspecified atom stereocenters. The monoisotopic (exact) mass is 374 g/mol. The standard InChI is InChI=1S/C10H9BrClFO5S/c1-17-2-3-18-10(14)6-4-9(19(12,15)16)7(11)5-8(6)13/h4-5H,2-3H2,1H3. The molecule has 0 spiro atoms. The van der Waals surface area contributed by atoms with Crippen LogP contribution in [0.2, 0.25) is 0 Å². The molecule has 9 heteroatoms. The van der Waals surface area contributed by atoms with Crippen molar-refractivity contribution in [2.45, 2.75) is 4.90 Å². The Kier molecular flexibility index (Phi) is 5.72. The Hall–Kier alpha value is -0.700. The first kappa shape index (κ1) is 16.4. The van der Waals surface area contributed by atoms with E-state index in [1.54, 1.807) is 0 Å². The van der Waals surface area contributed by atoms with Gasteiger partial charge in [0.05, 0.1) is 17.1 Å². The lowest BCUT2D eigenvalue weighted by Crippen LogP contribution is -2.12. The van der Waals surface area contributed by atoms with E-state index >= 15 is 0 Å². The summed E-state index contributed by atoms with van der Waals surface area (Å²) in [6.07, 6.45) is 0. The smallest absolute Gasteiger partial charge is 0.341 e. The quantitative estimate of drug-likeness (QED) is 0.449. The molecular formula is C10H9BrClFO5S. The van der Waals surface area contributed by atoms with E-state index in [2.05, 4.69) is 20.7 Å². The number of rotatable bonds is 5. The van der Waals surface area contributed by atoms with Gasteiger partial charge in [0.15, 0.2) is 0 Å². The number of carbonyl (C=O) groups is 1. The van der Waals surface area contributed by atoms with Gasteiger partial charge in [-0.25, -0.2) is 17.6 Å². The fraction of sp³-hybridized carbons (Fsp3) is 0.300. The second kappa shape index (κ2) is 6.65. The van der Waals surface area contributed by atoms with Crippen molar-refractivity contribution in [3.63, 3.8) is 0 Å². The molecule has 0 atom stereocenters. The highest BCUT2D eigenvalue weighted by molar-refractivity contribution is 9.10. The molecule has 1 rings (SSSR count). The maximum absolute atomic E-state index is 13.6. The zero-order valence-corrected chi connectivity index (χ0v) is 12.8. The Bertz CT molecular complexity index is 590. The van der Waals surface area contributed by atoms with Crippen LogP contribution in [0, 0.1) is 5.82 Å². The molecule has 0 amide bonds. The predicted molar refractivity (Wildman–Crippen MR) is 69.3 cm³/mol. The number of methoxy groups -OCH3 is 1. The van der Waals surface area contributed by atoms with Gasteiger partial charge in [-0.05, 0) is 28.1 Å². The minimum Gasteiger partial charge on any atom is -0.460 e. The number of carbonyl (C=O) groups excluding carboxylic acids is 1. The van der Waals surface area contributed by atoms with E-state index in [1.807, 2.05) is 0 Å². The predicted octanol–water partition coefficient (Wildman–Crippen LogP) is 2.32. The topological polar surface area (TPSA) is 69.7 Å². The first-order chi connectivity index (χ1) is 8.77. The molecule has 0 saturated carbocycles. The molecule has 0 aliphatic rings. The molecule has 0 fully saturated rings. The average Bonchev–Trinajstić information content (AvgIpc) is 2.27. The molecule has 106 valence electrons. The highest BCUT2D eigenvalue weighted by atomic mass is 79.9. The number of hydrogen-bond donors (Lipinski definition) is 0. The van der Waals surface area contributed by atoms with Crippen molar-refractivity contribution in [3.8, 4) is 0 Å². The van der Waals surface area contributed by atoms with Crippen molar-refractivity contribution in [1.82, 2.24) is 0 Å². The molecule has 0 heterocycles. The molecule has 0 saturated heterocycles. The summed E-state index contributed by atoms with van der Waals surface area (Å²) in [4.78, 5) is 11.2. The number of ether oxygens (including phenoxy) is 2. The molecule has 5 nitrogen and oxygen atoms in total. The van der Waals surface area contributed by atoms with E-state index in [0.717, 1.165) is 12.1 Å². The third-order valence-electron chi connectivity index (χ3n) is 2.02. The molecule has 1 aromatic carbocycles. The third-order valence-corrected chi connectivity index (χ3v) is 4.31. The van der Waals surface area contributed by atoms with Crippen LogP contribution in [-0.4, -0.2) is 34.7 Å². The lowest BCUT2D eigenvalue weighted by molar-refractivity contribution is 0.0383. The molecule has 0 aromatic heterocycles. The molecule has 0 aliphatic heterocycles. The second-order valence-corrected chi connectivity index (χ2v) is 6.72. The molecule has 0 bridgehead atoms. The van der Waals surface area contributed by atoms with Crippen molar-refractivity contribution in [2.75, 3.05) is 20.3 Å². The third kappa shape index (κ3) is 4.41. The summed E-state index contributed by atoms with van der Waals surface area (Å²) < 4.78 is 45.3. The fourth-order valence-electron chi connectivity index (χ4n) is 1.17. The molecule has 0 aliphatic carbocycles. The maximum Gasteiger partial charge on any atom is 0.341 e. The van der Waals surface area contributed by atoms with Gasteiger partial charge in [0.2, 0.25) is 0 Å². The lowest BCUT2D eigenvalue weighted by Gasteiger charge is -2.07. The van der Waals surface area contributed by atoms with Crippen molar-refractivity contribution in [1.29, 1.82) is 0 Å². The Morgan fingerprint density at radius 2 is 2.05 bits per heavy atom. The normalized spacial score (nSPS) is 11.4. The highest BCUT2D eigenvalue weighted by Crippen LogP contribution is 2.28. The van der Waals surface area contributed by atoms with Crippen LogP contribution < -0.4 is 0 Å². The molecular weight excluding hydrogens is 367 g/mol. The SMILES string of the molecule is COCCOC(=O)c1cc(S(=O)(=O)Cl)c(Br)cc1F. The van der Waals surface area contributed by atoms with E-state index in [-0.39, 0.29) is 17.7 Å². The number of halogens is 3. The van der Waals surface area contributed by atoms with Crippen LogP contribution in [-0.2, 0) is 18.5 Å². The highest BCUT2D eigenvalue weighted by Gasteiger charge is 2.22. The minimum absolute atomic E-state index is 0.0755. The van der Waals surface area contributed by atoms with Crippen molar-refractivity contribution in [2.24, 2.45) is 0 Å². The molecule has 1 aromatic rings. The largest absolute Gasteiger partial charge is 0.460 e. The van der Waals surface area contributed by atoms with Crippen LogP contribution >= 0.6 is 26.6 Å². The van der Waals surface area contributed by atoms with Crippen molar-refractivity contribution in [3.05, 3.63) is 28.0 Å². The van der Waals surface area contributed by atoms with Crippen LogP contribution in [0.4, 0.5) is 4.39 Å². The number of esters is 1. The summed E-state index contributed by atoms with van der Waals surface area (Å²) >= 11 is 2.85. The molecule has 0 radical (unpaired) electrons. The van der Waals surface area contributed by atoms with Gasteiger partial charge in [-0.2, -0.15) is 0 Å². The van der Waals surface area contributed by atoms with Crippen molar-refractivity contribution < 1.29 is 27.1 Å². The summed E-state index contributed by atoms with van der Waals surface area (Å²) in [5.74, 6) is -1.91. The van der Waals surface area contributed by atoms with Gasteiger partial charge < -0.3 is 9.47 Å². The van der Waals surface area contributed by atoms with Gasteiger partial charge in [-0.15, -0.1) is 0 Å². The Morgan fingerprint density at radius 1 is 1.42 bits per heavy atom. The van der Waals surface area contributed by atoms with E-state index < -0.39 is 31.3 Å². The Labute approximate surface area is 122 Å².